The van der Waals surface area contributed by atoms with Crippen molar-refractivity contribution in [1.82, 2.24) is 14.3 Å². The number of sulfonamides is 1. The number of anilines is 1. The van der Waals surface area contributed by atoms with Gasteiger partial charge in [-0.25, -0.2) is 18.1 Å². The Labute approximate surface area is 112 Å². The molecule has 3 N–H and O–H groups in total. The van der Waals surface area contributed by atoms with Gasteiger partial charge in [0, 0.05) is 13.1 Å². The van der Waals surface area contributed by atoms with Crippen LogP contribution in [-0.2, 0) is 16.6 Å². The van der Waals surface area contributed by atoms with E-state index in [1.54, 1.807) is 0 Å². The van der Waals surface area contributed by atoms with E-state index in [0.29, 0.717) is 25.5 Å². The second-order valence-electron chi connectivity index (χ2n) is 4.58. The van der Waals surface area contributed by atoms with Crippen LogP contribution < -0.4 is 10.5 Å². The first-order valence-corrected chi connectivity index (χ1v) is 7.93. The highest BCUT2D eigenvalue weighted by atomic mass is 32.2. The van der Waals surface area contributed by atoms with Crippen LogP contribution in [0, 0.1) is 6.92 Å². The number of aromatic nitrogens is 2. The Bertz CT molecular complexity index is 691. The van der Waals surface area contributed by atoms with Crippen LogP contribution in [0.15, 0.2) is 18.2 Å². The van der Waals surface area contributed by atoms with Crippen LogP contribution in [0.25, 0.3) is 11.0 Å². The highest BCUT2D eigenvalue weighted by Crippen LogP contribution is 2.21. The van der Waals surface area contributed by atoms with Gasteiger partial charge in [0.05, 0.1) is 17.3 Å². The SMILES string of the molecule is Cc1cccc2nc(N)n(CCCNS(C)(=O)=O)c12. The molecule has 2 rings (SSSR count). The van der Waals surface area contributed by atoms with Gasteiger partial charge in [0.15, 0.2) is 0 Å². The molecule has 104 valence electrons. The largest absolute Gasteiger partial charge is 0.369 e. The fraction of sp³-hybridized carbons (Fsp3) is 0.417. The van der Waals surface area contributed by atoms with E-state index in [-0.39, 0.29) is 0 Å². The maximum Gasteiger partial charge on any atom is 0.208 e. The molecule has 0 unspecified atom stereocenters. The van der Waals surface area contributed by atoms with E-state index in [4.69, 9.17) is 5.73 Å². The maximum absolute atomic E-state index is 11.0. The van der Waals surface area contributed by atoms with Gasteiger partial charge in [-0.3, -0.25) is 0 Å². The smallest absolute Gasteiger partial charge is 0.208 e. The summed E-state index contributed by atoms with van der Waals surface area (Å²) >= 11 is 0. The first kappa shape index (κ1) is 13.8. The number of hydrogen-bond acceptors (Lipinski definition) is 4. The summed E-state index contributed by atoms with van der Waals surface area (Å²) in [5.74, 6) is 0.462. The molecule has 0 fully saturated rings. The molecule has 0 saturated carbocycles. The first-order chi connectivity index (χ1) is 8.88. The molecule has 0 bridgehead atoms. The second-order valence-corrected chi connectivity index (χ2v) is 6.42. The van der Waals surface area contributed by atoms with Gasteiger partial charge in [-0.1, -0.05) is 12.1 Å². The Morgan fingerprint density at radius 3 is 2.84 bits per heavy atom. The Morgan fingerprint density at radius 2 is 2.16 bits per heavy atom. The highest BCUT2D eigenvalue weighted by Gasteiger charge is 2.09. The summed E-state index contributed by atoms with van der Waals surface area (Å²) in [6, 6.07) is 5.87. The molecule has 0 spiro atoms. The molecule has 0 amide bonds. The number of fused-ring (bicyclic) bond motifs is 1. The number of nitrogens with two attached hydrogens (primary N) is 1. The average molecular weight is 282 g/mol. The van der Waals surface area contributed by atoms with E-state index in [1.165, 1.54) is 0 Å². The predicted molar refractivity (Wildman–Crippen MR) is 76.3 cm³/mol. The molecule has 19 heavy (non-hydrogen) atoms. The van der Waals surface area contributed by atoms with Crippen LogP contribution in [0.3, 0.4) is 0 Å². The van der Waals surface area contributed by atoms with Gasteiger partial charge in [0.1, 0.15) is 0 Å². The third-order valence-corrected chi connectivity index (χ3v) is 3.65. The normalized spacial score (nSPS) is 12.1. The topological polar surface area (TPSA) is 90.0 Å². The maximum atomic E-state index is 11.0. The van der Waals surface area contributed by atoms with Crippen molar-refractivity contribution in [3.05, 3.63) is 23.8 Å². The van der Waals surface area contributed by atoms with Gasteiger partial charge in [0.2, 0.25) is 16.0 Å². The van der Waals surface area contributed by atoms with E-state index in [0.717, 1.165) is 22.9 Å². The van der Waals surface area contributed by atoms with Gasteiger partial charge >= 0.3 is 0 Å². The fourth-order valence-corrected chi connectivity index (χ4v) is 2.62. The zero-order chi connectivity index (χ0) is 14.0. The lowest BCUT2D eigenvalue weighted by atomic mass is 10.2. The molecule has 0 aliphatic heterocycles. The van der Waals surface area contributed by atoms with Crippen molar-refractivity contribution in [3.63, 3.8) is 0 Å². The summed E-state index contributed by atoms with van der Waals surface area (Å²) in [7, 11) is -3.13. The Hall–Kier alpha value is -1.60. The van der Waals surface area contributed by atoms with Gasteiger partial charge in [-0.2, -0.15) is 0 Å². The van der Waals surface area contributed by atoms with Crippen LogP contribution in [0.1, 0.15) is 12.0 Å². The molecule has 7 heteroatoms. The number of aryl methyl sites for hydroxylation is 2. The lowest BCUT2D eigenvalue weighted by Crippen LogP contribution is -2.24. The third kappa shape index (κ3) is 3.24. The summed E-state index contributed by atoms with van der Waals surface area (Å²) in [6.07, 6.45) is 1.81. The number of nitrogens with one attached hydrogen (secondary N) is 1. The van der Waals surface area contributed by atoms with Crippen molar-refractivity contribution >= 4 is 27.0 Å². The molecule has 0 radical (unpaired) electrons. The van der Waals surface area contributed by atoms with Crippen LogP contribution in [0.5, 0.6) is 0 Å². The number of nitrogens with zero attached hydrogens (tertiary/aromatic N) is 2. The summed E-state index contributed by atoms with van der Waals surface area (Å²) < 4.78 is 26.3. The minimum absolute atomic E-state index is 0.393. The standard InChI is InChI=1S/C12H18N4O2S/c1-9-5-3-6-10-11(9)16(12(13)15-10)8-4-7-14-19(2,17)18/h3,5-6,14H,4,7-8H2,1-2H3,(H2,13,15). The molecular weight excluding hydrogens is 264 g/mol. The zero-order valence-corrected chi connectivity index (χ0v) is 11.9. The van der Waals surface area contributed by atoms with Crippen LogP contribution in [-0.4, -0.2) is 30.8 Å². The van der Waals surface area contributed by atoms with Crippen LogP contribution >= 0.6 is 0 Å². The van der Waals surface area contributed by atoms with Gasteiger partial charge in [-0.05, 0) is 25.0 Å². The number of para-hydroxylation sites is 1. The van der Waals surface area contributed by atoms with E-state index in [2.05, 4.69) is 9.71 Å². The second kappa shape index (κ2) is 5.18. The van der Waals surface area contributed by atoms with Crippen molar-refractivity contribution in [2.75, 3.05) is 18.5 Å². The lowest BCUT2D eigenvalue weighted by molar-refractivity contribution is 0.578. The fourth-order valence-electron chi connectivity index (χ4n) is 2.10. The number of hydrogen-bond donors (Lipinski definition) is 2. The highest BCUT2D eigenvalue weighted by molar-refractivity contribution is 7.88. The molecule has 0 aliphatic carbocycles. The van der Waals surface area contributed by atoms with Gasteiger partial charge in [0.25, 0.3) is 0 Å². The predicted octanol–water partition coefficient (Wildman–Crippen LogP) is 0.866. The molecule has 1 aromatic carbocycles. The molecular formula is C12H18N4O2S. The van der Waals surface area contributed by atoms with E-state index < -0.39 is 10.0 Å². The first-order valence-electron chi connectivity index (χ1n) is 6.04. The molecule has 6 nitrogen and oxygen atoms in total. The number of benzene rings is 1. The van der Waals surface area contributed by atoms with Crippen molar-refractivity contribution in [2.24, 2.45) is 0 Å². The Balaban J connectivity index is 2.14. The molecule has 0 atom stereocenters. The summed E-state index contributed by atoms with van der Waals surface area (Å²) in [5.41, 5.74) is 8.89. The molecule has 2 aromatic rings. The average Bonchev–Trinajstić information content (AvgIpc) is 2.61. The van der Waals surface area contributed by atoms with Crippen molar-refractivity contribution in [1.29, 1.82) is 0 Å². The van der Waals surface area contributed by atoms with E-state index >= 15 is 0 Å². The van der Waals surface area contributed by atoms with E-state index in [9.17, 15) is 8.42 Å². The quantitative estimate of drug-likeness (QED) is 0.796. The summed E-state index contributed by atoms with van der Waals surface area (Å²) in [6.45, 7) is 3.04. The van der Waals surface area contributed by atoms with Crippen molar-refractivity contribution < 1.29 is 8.42 Å². The molecule has 0 aliphatic rings. The van der Waals surface area contributed by atoms with Gasteiger partial charge in [-0.15, -0.1) is 0 Å². The van der Waals surface area contributed by atoms with Crippen molar-refractivity contribution in [2.45, 2.75) is 19.9 Å². The lowest BCUT2D eigenvalue weighted by Gasteiger charge is -2.08. The Morgan fingerprint density at radius 1 is 1.42 bits per heavy atom. The Kier molecular flexibility index (Phi) is 3.77. The van der Waals surface area contributed by atoms with Gasteiger partial charge < -0.3 is 10.3 Å². The minimum Gasteiger partial charge on any atom is -0.369 e. The van der Waals surface area contributed by atoms with Crippen LogP contribution in [0.4, 0.5) is 5.95 Å². The summed E-state index contributed by atoms with van der Waals surface area (Å²) in [4.78, 5) is 4.30. The van der Waals surface area contributed by atoms with Crippen molar-refractivity contribution in [3.8, 4) is 0 Å². The molecule has 0 saturated heterocycles. The van der Waals surface area contributed by atoms with Crippen LogP contribution in [0.2, 0.25) is 0 Å². The summed E-state index contributed by atoms with van der Waals surface area (Å²) in [5, 5.41) is 0. The minimum atomic E-state index is -3.13. The molecule has 1 heterocycles. The number of rotatable bonds is 5. The monoisotopic (exact) mass is 282 g/mol. The number of nitrogen functional groups attached to an aromatic ring is 1. The van der Waals surface area contributed by atoms with E-state index in [1.807, 2.05) is 29.7 Å². The third-order valence-electron chi connectivity index (χ3n) is 2.92. The molecule has 1 aromatic heterocycles. The number of imidazole rings is 1. The zero-order valence-electron chi connectivity index (χ0n) is 11.0.